The smallest absolute Gasteiger partial charge is 0.220 e. The van der Waals surface area contributed by atoms with Crippen molar-refractivity contribution in [2.45, 2.75) is 249 Å². The van der Waals surface area contributed by atoms with Crippen LogP contribution in [0.3, 0.4) is 0 Å². The van der Waals surface area contributed by atoms with Gasteiger partial charge < -0.3 is 40.3 Å². The Labute approximate surface area is 373 Å². The number of carbonyl (C=O) groups excluding carboxylic acids is 1. The van der Waals surface area contributed by atoms with E-state index in [1.165, 1.54) is 122 Å². The second-order valence-electron chi connectivity index (χ2n) is 17.2. The minimum atomic E-state index is -1.58. The van der Waals surface area contributed by atoms with Crippen LogP contribution in [0.2, 0.25) is 0 Å². The molecule has 0 aromatic carbocycles. The van der Waals surface area contributed by atoms with Gasteiger partial charge in [-0.15, -0.1) is 0 Å². The van der Waals surface area contributed by atoms with Gasteiger partial charge in [-0.05, 0) is 77.0 Å². The SMILES string of the molecule is CCCCCC/C=C\C/C=C\CCCCCCCCCC(=O)NC(COC1OC(CO)C(O)C(O)C1O)C(O)/C=C/CC/C=C/CC/C=C/CCCCCCCCCCCC. The van der Waals surface area contributed by atoms with Gasteiger partial charge in [0.2, 0.25) is 5.91 Å². The molecule has 61 heavy (non-hydrogen) atoms. The summed E-state index contributed by atoms with van der Waals surface area (Å²) in [5.74, 6) is -0.201. The van der Waals surface area contributed by atoms with Crippen LogP contribution in [-0.2, 0) is 14.3 Å². The lowest BCUT2D eigenvalue weighted by atomic mass is 9.99. The zero-order valence-electron chi connectivity index (χ0n) is 38.9. The molecule has 1 amide bonds. The van der Waals surface area contributed by atoms with Crippen LogP contribution < -0.4 is 5.32 Å². The Morgan fingerprint density at radius 3 is 1.49 bits per heavy atom. The van der Waals surface area contributed by atoms with Gasteiger partial charge in [0, 0.05) is 6.42 Å². The molecule has 0 aromatic rings. The molecule has 0 saturated carbocycles. The van der Waals surface area contributed by atoms with E-state index in [2.05, 4.69) is 67.8 Å². The number of aliphatic hydroxyl groups excluding tert-OH is 5. The highest BCUT2D eigenvalue weighted by Crippen LogP contribution is 2.22. The number of unbranched alkanes of at least 4 members (excludes halogenated alkanes) is 23. The van der Waals surface area contributed by atoms with E-state index in [1.54, 1.807) is 6.08 Å². The molecule has 0 spiro atoms. The van der Waals surface area contributed by atoms with Crippen molar-refractivity contribution < 1.29 is 39.8 Å². The number of rotatable bonds is 41. The average Bonchev–Trinajstić information content (AvgIpc) is 3.26. The predicted molar refractivity (Wildman–Crippen MR) is 253 cm³/mol. The van der Waals surface area contributed by atoms with Crippen LogP contribution in [0.5, 0.6) is 0 Å². The second kappa shape index (κ2) is 41.9. The van der Waals surface area contributed by atoms with Gasteiger partial charge in [0.15, 0.2) is 6.29 Å². The Morgan fingerprint density at radius 2 is 0.984 bits per heavy atom. The van der Waals surface area contributed by atoms with E-state index in [0.717, 1.165) is 64.2 Å². The van der Waals surface area contributed by atoms with E-state index in [-0.39, 0.29) is 12.5 Å². The van der Waals surface area contributed by atoms with Crippen LogP contribution in [-0.4, -0.2) is 87.5 Å². The fourth-order valence-corrected chi connectivity index (χ4v) is 7.51. The van der Waals surface area contributed by atoms with Gasteiger partial charge in [-0.1, -0.05) is 184 Å². The Morgan fingerprint density at radius 1 is 0.557 bits per heavy atom. The molecule has 354 valence electrons. The Balaban J connectivity index is 2.37. The first kappa shape index (κ1) is 56.9. The van der Waals surface area contributed by atoms with Gasteiger partial charge in [-0.3, -0.25) is 4.79 Å². The number of hydrogen-bond acceptors (Lipinski definition) is 8. The molecule has 0 aromatic heterocycles. The largest absolute Gasteiger partial charge is 0.394 e. The minimum Gasteiger partial charge on any atom is -0.394 e. The first-order chi connectivity index (χ1) is 29.8. The van der Waals surface area contributed by atoms with Crippen LogP contribution in [0, 0.1) is 0 Å². The Hall–Kier alpha value is -2.11. The third-order valence-corrected chi connectivity index (χ3v) is 11.5. The number of hydrogen-bond donors (Lipinski definition) is 6. The molecule has 1 heterocycles. The van der Waals surface area contributed by atoms with E-state index in [4.69, 9.17) is 9.47 Å². The number of amides is 1. The zero-order valence-corrected chi connectivity index (χ0v) is 38.9. The summed E-state index contributed by atoms with van der Waals surface area (Å²) in [6.45, 7) is 3.73. The van der Waals surface area contributed by atoms with Crippen LogP contribution in [0.25, 0.3) is 0 Å². The maximum absolute atomic E-state index is 13.0. The molecule has 1 fully saturated rings. The maximum atomic E-state index is 13.0. The molecule has 0 radical (unpaired) electrons. The first-order valence-electron chi connectivity index (χ1n) is 25.0. The summed E-state index contributed by atoms with van der Waals surface area (Å²) >= 11 is 0. The van der Waals surface area contributed by atoms with E-state index in [1.807, 2.05) is 6.08 Å². The number of aliphatic hydroxyl groups is 5. The number of carbonyl (C=O) groups is 1. The number of nitrogens with one attached hydrogen (secondary N) is 1. The van der Waals surface area contributed by atoms with Crippen LogP contribution in [0.15, 0.2) is 60.8 Å². The van der Waals surface area contributed by atoms with E-state index in [9.17, 15) is 30.3 Å². The molecule has 0 aliphatic carbocycles. The van der Waals surface area contributed by atoms with Crippen molar-refractivity contribution >= 4 is 5.91 Å². The Kier molecular flexibility index (Phi) is 39.1. The molecule has 1 aliphatic heterocycles. The molecule has 0 bridgehead atoms. The van der Waals surface area contributed by atoms with Crippen LogP contribution in [0.4, 0.5) is 0 Å². The highest BCUT2D eigenvalue weighted by Gasteiger charge is 2.44. The van der Waals surface area contributed by atoms with Crippen molar-refractivity contribution in [3.8, 4) is 0 Å². The molecule has 6 N–H and O–H groups in total. The van der Waals surface area contributed by atoms with E-state index in [0.29, 0.717) is 6.42 Å². The van der Waals surface area contributed by atoms with Gasteiger partial charge in [0.05, 0.1) is 25.4 Å². The lowest BCUT2D eigenvalue weighted by Gasteiger charge is -2.40. The molecule has 9 heteroatoms. The van der Waals surface area contributed by atoms with Gasteiger partial charge in [-0.25, -0.2) is 0 Å². The lowest BCUT2D eigenvalue weighted by molar-refractivity contribution is -0.302. The standard InChI is InChI=1S/C52H93NO8/c1-3-5-7-9-11-13-15-17-19-21-23-24-25-27-29-31-33-35-37-39-41-46(55)45(44-60-52-51(59)50(58)49(57)47(43-54)61-52)53-48(56)42-40-38-36-34-32-30-28-26-22-20-18-16-14-12-10-8-6-4-2/h14,16,20,22,24-25,31,33,39,41,45-47,49-52,54-55,57-59H,3-13,15,17-19,21,23,26-30,32,34-38,40,42-44H2,1-2H3,(H,53,56)/b16-14-,22-20-,25-24+,33-31+,41-39+. The summed E-state index contributed by atoms with van der Waals surface area (Å²) in [5, 5.41) is 54.3. The highest BCUT2D eigenvalue weighted by atomic mass is 16.7. The van der Waals surface area contributed by atoms with Gasteiger partial charge in [0.25, 0.3) is 0 Å². The van der Waals surface area contributed by atoms with Crippen molar-refractivity contribution in [3.63, 3.8) is 0 Å². The molecule has 1 saturated heterocycles. The molecule has 7 atom stereocenters. The molecule has 7 unspecified atom stereocenters. The fourth-order valence-electron chi connectivity index (χ4n) is 7.51. The fraction of sp³-hybridized carbons (Fsp3) is 0.788. The highest BCUT2D eigenvalue weighted by molar-refractivity contribution is 5.76. The summed E-state index contributed by atoms with van der Waals surface area (Å²) in [6.07, 6.45) is 48.3. The van der Waals surface area contributed by atoms with Crippen molar-refractivity contribution in [2.75, 3.05) is 13.2 Å². The van der Waals surface area contributed by atoms with Crippen LogP contribution in [0.1, 0.15) is 206 Å². The van der Waals surface area contributed by atoms with E-state index < -0.39 is 49.5 Å². The van der Waals surface area contributed by atoms with Crippen molar-refractivity contribution in [1.29, 1.82) is 0 Å². The monoisotopic (exact) mass is 860 g/mol. The summed E-state index contributed by atoms with van der Waals surface area (Å²) in [6, 6.07) is -0.834. The average molecular weight is 860 g/mol. The van der Waals surface area contributed by atoms with Crippen LogP contribution >= 0.6 is 0 Å². The van der Waals surface area contributed by atoms with Gasteiger partial charge in [-0.2, -0.15) is 0 Å². The van der Waals surface area contributed by atoms with Crippen molar-refractivity contribution in [2.24, 2.45) is 0 Å². The van der Waals surface area contributed by atoms with Gasteiger partial charge >= 0.3 is 0 Å². The summed E-state index contributed by atoms with van der Waals surface area (Å²) in [7, 11) is 0. The predicted octanol–water partition coefficient (Wildman–Crippen LogP) is 11.2. The molecule has 1 aliphatic rings. The molecular weight excluding hydrogens is 767 g/mol. The number of ether oxygens (including phenoxy) is 2. The Bertz CT molecular complexity index is 1140. The summed E-state index contributed by atoms with van der Waals surface area (Å²) in [5.41, 5.74) is 0. The van der Waals surface area contributed by atoms with Crippen molar-refractivity contribution in [3.05, 3.63) is 60.8 Å². The number of allylic oxidation sites excluding steroid dienone is 9. The third-order valence-electron chi connectivity index (χ3n) is 11.5. The van der Waals surface area contributed by atoms with Gasteiger partial charge in [0.1, 0.15) is 24.4 Å². The summed E-state index contributed by atoms with van der Waals surface area (Å²) in [4.78, 5) is 13.0. The summed E-state index contributed by atoms with van der Waals surface area (Å²) < 4.78 is 11.2. The van der Waals surface area contributed by atoms with Crippen molar-refractivity contribution in [1.82, 2.24) is 5.32 Å². The third kappa shape index (κ3) is 32.2. The first-order valence-corrected chi connectivity index (χ1v) is 25.0. The zero-order chi connectivity index (χ0) is 44.4. The second-order valence-corrected chi connectivity index (χ2v) is 17.2. The topological polar surface area (TPSA) is 149 Å². The minimum absolute atomic E-state index is 0.201. The quantitative estimate of drug-likeness (QED) is 0.0263. The molecule has 1 rings (SSSR count). The lowest BCUT2D eigenvalue weighted by Crippen LogP contribution is -2.60. The molecule has 9 nitrogen and oxygen atoms in total. The maximum Gasteiger partial charge on any atom is 0.220 e. The normalized spacial score (nSPS) is 20.9. The molecular formula is C52H93NO8. The van der Waals surface area contributed by atoms with E-state index >= 15 is 0 Å².